The molecule has 1 aromatic carbocycles. The van der Waals surface area contributed by atoms with E-state index in [1.807, 2.05) is 0 Å². The first-order chi connectivity index (χ1) is 7.93. The van der Waals surface area contributed by atoms with E-state index in [4.69, 9.17) is 5.11 Å². The molecular formula is C11H18N2O3S. The molecule has 96 valence electrons. The van der Waals surface area contributed by atoms with Crippen LogP contribution in [0.2, 0.25) is 0 Å². The van der Waals surface area contributed by atoms with Crippen molar-refractivity contribution >= 4 is 15.9 Å². The number of hydrogen-bond donors (Lipinski definition) is 1. The van der Waals surface area contributed by atoms with Gasteiger partial charge in [-0.25, -0.2) is 0 Å². The minimum absolute atomic E-state index is 0.113. The number of anilines is 1. The average molecular weight is 258 g/mol. The van der Waals surface area contributed by atoms with E-state index < -0.39 is 10.2 Å². The van der Waals surface area contributed by atoms with Crippen LogP contribution in [0.25, 0.3) is 0 Å². The number of phenols is 1. The van der Waals surface area contributed by atoms with E-state index in [1.54, 1.807) is 26.0 Å². The van der Waals surface area contributed by atoms with E-state index in [0.29, 0.717) is 18.8 Å². The summed E-state index contributed by atoms with van der Waals surface area (Å²) < 4.78 is 26.9. The molecule has 17 heavy (non-hydrogen) atoms. The minimum atomic E-state index is -3.48. The molecule has 0 amide bonds. The van der Waals surface area contributed by atoms with Crippen LogP contribution >= 0.6 is 0 Å². The summed E-state index contributed by atoms with van der Waals surface area (Å²) in [6, 6.07) is 6.06. The summed E-state index contributed by atoms with van der Waals surface area (Å²) in [7, 11) is -1.98. The van der Waals surface area contributed by atoms with E-state index in [0.717, 1.165) is 0 Å². The first-order valence-electron chi connectivity index (χ1n) is 5.46. The number of aromatic hydroxyl groups is 1. The summed E-state index contributed by atoms with van der Waals surface area (Å²) in [5, 5.41) is 9.16. The van der Waals surface area contributed by atoms with Crippen molar-refractivity contribution in [3.8, 4) is 5.75 Å². The Bertz CT molecular complexity index is 452. The van der Waals surface area contributed by atoms with Gasteiger partial charge in [0.1, 0.15) is 5.75 Å². The van der Waals surface area contributed by atoms with Crippen molar-refractivity contribution < 1.29 is 13.5 Å². The second-order valence-electron chi connectivity index (χ2n) is 3.58. The van der Waals surface area contributed by atoms with Crippen LogP contribution in [0.1, 0.15) is 13.8 Å². The Morgan fingerprint density at radius 3 is 2.00 bits per heavy atom. The zero-order valence-corrected chi connectivity index (χ0v) is 11.1. The highest BCUT2D eigenvalue weighted by molar-refractivity contribution is 7.90. The lowest BCUT2D eigenvalue weighted by Crippen LogP contribution is -2.41. The van der Waals surface area contributed by atoms with Crippen LogP contribution in [0.15, 0.2) is 24.3 Å². The first-order valence-corrected chi connectivity index (χ1v) is 6.86. The highest BCUT2D eigenvalue weighted by Crippen LogP contribution is 2.21. The van der Waals surface area contributed by atoms with Crippen molar-refractivity contribution in [2.75, 3.05) is 24.4 Å². The van der Waals surface area contributed by atoms with Gasteiger partial charge in [0.05, 0.1) is 5.69 Å². The summed E-state index contributed by atoms with van der Waals surface area (Å²) in [6.07, 6.45) is 0. The largest absolute Gasteiger partial charge is 0.508 e. The topological polar surface area (TPSA) is 60.9 Å². The maximum absolute atomic E-state index is 12.2. The molecule has 1 aromatic rings. The van der Waals surface area contributed by atoms with Crippen LogP contribution < -0.4 is 4.31 Å². The van der Waals surface area contributed by atoms with Crippen molar-refractivity contribution in [2.24, 2.45) is 0 Å². The molecule has 0 fully saturated rings. The van der Waals surface area contributed by atoms with Crippen LogP contribution in [0.3, 0.4) is 0 Å². The van der Waals surface area contributed by atoms with Gasteiger partial charge in [0.25, 0.3) is 0 Å². The van der Waals surface area contributed by atoms with Gasteiger partial charge in [-0.3, -0.25) is 4.31 Å². The van der Waals surface area contributed by atoms with Gasteiger partial charge >= 0.3 is 10.2 Å². The van der Waals surface area contributed by atoms with E-state index in [2.05, 4.69) is 0 Å². The molecule has 1 N–H and O–H groups in total. The van der Waals surface area contributed by atoms with Gasteiger partial charge in [-0.15, -0.1) is 0 Å². The molecule has 5 nitrogen and oxygen atoms in total. The number of nitrogens with zero attached hydrogens (tertiary/aromatic N) is 2. The minimum Gasteiger partial charge on any atom is -0.508 e. The van der Waals surface area contributed by atoms with Crippen LogP contribution in [0.4, 0.5) is 5.69 Å². The molecule has 0 aliphatic carbocycles. The zero-order valence-electron chi connectivity index (χ0n) is 10.3. The van der Waals surface area contributed by atoms with Crippen LogP contribution in [0.5, 0.6) is 5.75 Å². The quantitative estimate of drug-likeness (QED) is 0.868. The van der Waals surface area contributed by atoms with Gasteiger partial charge < -0.3 is 5.11 Å². The Labute approximate surface area is 102 Å². The summed E-state index contributed by atoms with van der Waals surface area (Å²) in [5.74, 6) is 0.113. The van der Waals surface area contributed by atoms with E-state index >= 15 is 0 Å². The van der Waals surface area contributed by atoms with Crippen molar-refractivity contribution in [3.63, 3.8) is 0 Å². The van der Waals surface area contributed by atoms with E-state index in [1.165, 1.54) is 27.8 Å². The maximum Gasteiger partial charge on any atom is 0.303 e. The number of phenolic OH excluding ortho intramolecular Hbond substituents is 1. The first kappa shape index (κ1) is 13.8. The molecule has 0 bridgehead atoms. The smallest absolute Gasteiger partial charge is 0.303 e. The van der Waals surface area contributed by atoms with Gasteiger partial charge in [0, 0.05) is 20.1 Å². The van der Waals surface area contributed by atoms with Gasteiger partial charge in [0.2, 0.25) is 0 Å². The zero-order chi connectivity index (χ0) is 13.1. The van der Waals surface area contributed by atoms with Gasteiger partial charge in [0.15, 0.2) is 0 Å². The van der Waals surface area contributed by atoms with Gasteiger partial charge in [-0.2, -0.15) is 12.7 Å². The molecule has 1 rings (SSSR count). The molecule has 0 aromatic heterocycles. The van der Waals surface area contributed by atoms with Crippen LogP contribution in [-0.2, 0) is 10.2 Å². The van der Waals surface area contributed by atoms with Crippen molar-refractivity contribution in [2.45, 2.75) is 13.8 Å². The number of rotatable bonds is 5. The summed E-state index contributed by atoms with van der Waals surface area (Å²) in [5.41, 5.74) is 0.523. The molecule has 0 saturated carbocycles. The van der Waals surface area contributed by atoms with Crippen molar-refractivity contribution in [1.29, 1.82) is 0 Å². The molecule has 0 saturated heterocycles. The Morgan fingerprint density at radius 1 is 1.12 bits per heavy atom. The lowest BCUT2D eigenvalue weighted by Gasteiger charge is -2.26. The van der Waals surface area contributed by atoms with Gasteiger partial charge in [-0.05, 0) is 24.3 Å². The van der Waals surface area contributed by atoms with Gasteiger partial charge in [-0.1, -0.05) is 13.8 Å². The fraction of sp³-hybridized carbons (Fsp3) is 0.455. The molecule has 0 heterocycles. The highest BCUT2D eigenvalue weighted by atomic mass is 32.2. The molecule has 0 spiro atoms. The Hall–Kier alpha value is -1.27. The Kier molecular flexibility index (Phi) is 4.36. The standard InChI is InChI=1S/C11H18N2O3S/c1-4-13(5-2)17(15,16)12(3)10-6-8-11(14)9-7-10/h6-9,14H,4-5H2,1-3H3. The fourth-order valence-corrected chi connectivity index (χ4v) is 2.91. The third-order valence-electron chi connectivity index (χ3n) is 2.59. The summed E-state index contributed by atoms with van der Waals surface area (Å²) >= 11 is 0. The van der Waals surface area contributed by atoms with Crippen LogP contribution in [0, 0.1) is 0 Å². The summed E-state index contributed by atoms with van der Waals surface area (Å²) in [4.78, 5) is 0. The number of hydrogen-bond acceptors (Lipinski definition) is 3. The average Bonchev–Trinajstić information content (AvgIpc) is 2.30. The van der Waals surface area contributed by atoms with E-state index in [-0.39, 0.29) is 5.75 Å². The molecule has 6 heteroatoms. The lowest BCUT2D eigenvalue weighted by atomic mass is 10.3. The second-order valence-corrected chi connectivity index (χ2v) is 5.54. The molecule has 0 unspecified atom stereocenters. The predicted molar refractivity (Wildman–Crippen MR) is 68.4 cm³/mol. The SMILES string of the molecule is CCN(CC)S(=O)(=O)N(C)c1ccc(O)cc1. The third-order valence-corrected chi connectivity index (χ3v) is 4.66. The fourth-order valence-electron chi connectivity index (χ4n) is 1.52. The lowest BCUT2D eigenvalue weighted by molar-refractivity contribution is 0.444. The maximum atomic E-state index is 12.2. The van der Waals surface area contributed by atoms with E-state index in [9.17, 15) is 8.42 Å². The molecule has 0 aliphatic heterocycles. The summed E-state index contributed by atoms with van der Waals surface area (Å²) in [6.45, 7) is 4.46. The third kappa shape index (κ3) is 2.89. The second kappa shape index (κ2) is 5.37. The molecule has 0 atom stereocenters. The molecule has 0 radical (unpaired) electrons. The monoisotopic (exact) mass is 258 g/mol. The number of benzene rings is 1. The molecular weight excluding hydrogens is 240 g/mol. The highest BCUT2D eigenvalue weighted by Gasteiger charge is 2.24. The van der Waals surface area contributed by atoms with Crippen LogP contribution in [-0.4, -0.2) is 38.0 Å². The van der Waals surface area contributed by atoms with Crippen molar-refractivity contribution in [1.82, 2.24) is 4.31 Å². The normalized spacial score (nSPS) is 11.8. The Morgan fingerprint density at radius 2 is 1.59 bits per heavy atom. The predicted octanol–water partition coefficient (Wildman–Crippen LogP) is 1.41. The molecule has 0 aliphatic rings. The van der Waals surface area contributed by atoms with Crippen molar-refractivity contribution in [3.05, 3.63) is 24.3 Å². The Balaban J connectivity index is 3.03.